The number of rotatable bonds is 6. The Bertz CT molecular complexity index is 340. The standard InChI is InChI=1S/C9H17NO5S/c11-7-8-3-4-10(6-8)16(14,15)5-1-2-9(12)13/h8,11H,1-7H2,(H,12,13). The monoisotopic (exact) mass is 251 g/mol. The molecule has 0 saturated carbocycles. The van der Waals surface area contributed by atoms with Crippen LogP contribution < -0.4 is 0 Å². The molecule has 0 bridgehead atoms. The summed E-state index contributed by atoms with van der Waals surface area (Å²) in [5.41, 5.74) is 0. The van der Waals surface area contributed by atoms with Crippen molar-refractivity contribution >= 4 is 16.0 Å². The molecule has 0 aromatic carbocycles. The number of aliphatic hydroxyl groups is 1. The number of hydrogen-bond donors (Lipinski definition) is 2. The van der Waals surface area contributed by atoms with Crippen molar-refractivity contribution in [3.63, 3.8) is 0 Å². The number of carbonyl (C=O) groups is 1. The first kappa shape index (κ1) is 13.4. The summed E-state index contributed by atoms with van der Waals surface area (Å²) in [4.78, 5) is 10.3. The van der Waals surface area contributed by atoms with Gasteiger partial charge in [0.25, 0.3) is 0 Å². The molecule has 1 rings (SSSR count). The van der Waals surface area contributed by atoms with Crippen molar-refractivity contribution in [2.24, 2.45) is 5.92 Å². The van der Waals surface area contributed by atoms with Gasteiger partial charge in [-0.2, -0.15) is 0 Å². The average molecular weight is 251 g/mol. The lowest BCUT2D eigenvalue weighted by Crippen LogP contribution is -2.31. The molecule has 94 valence electrons. The molecule has 1 fully saturated rings. The predicted molar refractivity (Wildman–Crippen MR) is 57.4 cm³/mol. The highest BCUT2D eigenvalue weighted by Gasteiger charge is 2.30. The van der Waals surface area contributed by atoms with Crippen molar-refractivity contribution in [3.05, 3.63) is 0 Å². The minimum atomic E-state index is -3.34. The van der Waals surface area contributed by atoms with E-state index < -0.39 is 16.0 Å². The smallest absolute Gasteiger partial charge is 0.303 e. The molecule has 7 heteroatoms. The third-order valence-electron chi connectivity index (χ3n) is 2.69. The Kier molecular flexibility index (Phi) is 4.69. The Morgan fingerprint density at radius 3 is 2.62 bits per heavy atom. The van der Waals surface area contributed by atoms with Gasteiger partial charge in [0, 0.05) is 26.1 Å². The maximum atomic E-state index is 11.7. The number of sulfonamides is 1. The van der Waals surface area contributed by atoms with E-state index in [0.29, 0.717) is 19.5 Å². The van der Waals surface area contributed by atoms with Crippen LogP contribution in [0.3, 0.4) is 0 Å². The van der Waals surface area contributed by atoms with Crippen LogP contribution >= 0.6 is 0 Å². The molecule has 1 heterocycles. The molecule has 0 aromatic rings. The van der Waals surface area contributed by atoms with Gasteiger partial charge in [0.2, 0.25) is 10.0 Å². The second-order valence-corrected chi connectivity index (χ2v) is 6.10. The Hall–Kier alpha value is -0.660. The van der Waals surface area contributed by atoms with Crippen molar-refractivity contribution < 1.29 is 23.4 Å². The van der Waals surface area contributed by atoms with Gasteiger partial charge in [-0.1, -0.05) is 0 Å². The fourth-order valence-corrected chi connectivity index (χ4v) is 3.32. The van der Waals surface area contributed by atoms with E-state index >= 15 is 0 Å². The molecular weight excluding hydrogens is 234 g/mol. The molecule has 2 N–H and O–H groups in total. The number of aliphatic hydroxyl groups excluding tert-OH is 1. The van der Waals surface area contributed by atoms with E-state index in [-0.39, 0.29) is 31.1 Å². The Morgan fingerprint density at radius 2 is 2.12 bits per heavy atom. The second-order valence-electron chi connectivity index (χ2n) is 4.01. The summed E-state index contributed by atoms with van der Waals surface area (Å²) >= 11 is 0. The Balaban J connectivity index is 2.42. The minimum Gasteiger partial charge on any atom is -0.481 e. The molecule has 0 spiro atoms. The summed E-state index contributed by atoms with van der Waals surface area (Å²) in [6, 6.07) is 0. The lowest BCUT2D eigenvalue weighted by molar-refractivity contribution is -0.137. The number of carboxylic acids is 1. The summed E-state index contributed by atoms with van der Waals surface area (Å²) < 4.78 is 24.8. The van der Waals surface area contributed by atoms with Crippen LogP contribution in [0.2, 0.25) is 0 Å². The maximum absolute atomic E-state index is 11.7. The summed E-state index contributed by atoms with van der Waals surface area (Å²) in [5.74, 6) is -1.09. The van der Waals surface area contributed by atoms with Crippen LogP contribution in [-0.4, -0.2) is 54.4 Å². The van der Waals surface area contributed by atoms with E-state index in [4.69, 9.17) is 10.2 Å². The number of carboxylic acid groups (broad SMARTS) is 1. The highest BCUT2D eigenvalue weighted by molar-refractivity contribution is 7.89. The van der Waals surface area contributed by atoms with E-state index in [1.54, 1.807) is 0 Å². The first-order chi connectivity index (χ1) is 7.45. The van der Waals surface area contributed by atoms with Gasteiger partial charge >= 0.3 is 5.97 Å². The van der Waals surface area contributed by atoms with Crippen LogP contribution in [0, 0.1) is 5.92 Å². The highest BCUT2D eigenvalue weighted by Crippen LogP contribution is 2.19. The quantitative estimate of drug-likeness (QED) is 0.663. The molecule has 1 atom stereocenters. The molecule has 1 aliphatic heterocycles. The second kappa shape index (κ2) is 5.60. The predicted octanol–water partition coefficient (Wildman–Crippen LogP) is -0.505. The molecule has 1 saturated heterocycles. The first-order valence-corrected chi connectivity index (χ1v) is 6.87. The van der Waals surface area contributed by atoms with Crippen molar-refractivity contribution in [1.29, 1.82) is 0 Å². The summed E-state index contributed by atoms with van der Waals surface area (Å²) in [5, 5.41) is 17.3. The van der Waals surface area contributed by atoms with Crippen molar-refractivity contribution in [3.8, 4) is 0 Å². The van der Waals surface area contributed by atoms with E-state index in [0.717, 1.165) is 0 Å². The molecule has 16 heavy (non-hydrogen) atoms. The third-order valence-corrected chi connectivity index (χ3v) is 4.62. The molecular formula is C9H17NO5S. The van der Waals surface area contributed by atoms with Gasteiger partial charge in [0.05, 0.1) is 5.75 Å². The zero-order valence-corrected chi connectivity index (χ0v) is 9.82. The summed E-state index contributed by atoms with van der Waals surface area (Å²) in [7, 11) is -3.34. The zero-order chi connectivity index (χ0) is 12.2. The molecule has 0 aliphatic carbocycles. The van der Waals surface area contributed by atoms with E-state index in [9.17, 15) is 13.2 Å². The van der Waals surface area contributed by atoms with Crippen LogP contribution in [0.5, 0.6) is 0 Å². The molecule has 0 aromatic heterocycles. The van der Waals surface area contributed by atoms with Gasteiger partial charge in [-0.25, -0.2) is 12.7 Å². The fourth-order valence-electron chi connectivity index (χ4n) is 1.73. The van der Waals surface area contributed by atoms with Crippen molar-refractivity contribution in [1.82, 2.24) is 4.31 Å². The molecule has 6 nitrogen and oxygen atoms in total. The SMILES string of the molecule is O=C(O)CCCS(=O)(=O)N1CCC(CO)C1. The van der Waals surface area contributed by atoms with E-state index in [1.807, 2.05) is 0 Å². The number of aliphatic carboxylic acids is 1. The van der Waals surface area contributed by atoms with Gasteiger partial charge in [-0.3, -0.25) is 4.79 Å². The van der Waals surface area contributed by atoms with Crippen LogP contribution in [0.1, 0.15) is 19.3 Å². The van der Waals surface area contributed by atoms with Crippen molar-refractivity contribution in [2.45, 2.75) is 19.3 Å². The van der Waals surface area contributed by atoms with Gasteiger partial charge in [-0.15, -0.1) is 0 Å². The first-order valence-electron chi connectivity index (χ1n) is 5.26. The fraction of sp³-hybridized carbons (Fsp3) is 0.889. The number of nitrogens with zero attached hydrogens (tertiary/aromatic N) is 1. The average Bonchev–Trinajstić information content (AvgIpc) is 2.65. The highest BCUT2D eigenvalue weighted by atomic mass is 32.2. The molecule has 1 aliphatic rings. The largest absolute Gasteiger partial charge is 0.481 e. The van der Waals surface area contributed by atoms with Crippen LogP contribution in [0.25, 0.3) is 0 Å². The maximum Gasteiger partial charge on any atom is 0.303 e. The lowest BCUT2D eigenvalue weighted by atomic mass is 10.1. The topological polar surface area (TPSA) is 94.9 Å². The normalized spacial score (nSPS) is 22.4. The van der Waals surface area contributed by atoms with Crippen LogP contribution in [0.4, 0.5) is 0 Å². The number of hydrogen-bond acceptors (Lipinski definition) is 4. The molecule has 0 radical (unpaired) electrons. The molecule has 0 amide bonds. The Labute approximate surface area is 94.9 Å². The minimum absolute atomic E-state index is 0.00114. The van der Waals surface area contributed by atoms with Gasteiger partial charge in [-0.05, 0) is 18.8 Å². The summed E-state index contributed by atoms with van der Waals surface area (Å²) in [6.45, 7) is 0.785. The van der Waals surface area contributed by atoms with Gasteiger partial charge in [0.1, 0.15) is 0 Å². The van der Waals surface area contributed by atoms with Crippen molar-refractivity contribution in [2.75, 3.05) is 25.4 Å². The van der Waals surface area contributed by atoms with E-state index in [2.05, 4.69) is 0 Å². The Morgan fingerprint density at radius 1 is 1.44 bits per heavy atom. The lowest BCUT2D eigenvalue weighted by Gasteiger charge is -2.15. The van der Waals surface area contributed by atoms with Gasteiger partial charge in [0.15, 0.2) is 0 Å². The van der Waals surface area contributed by atoms with E-state index in [1.165, 1.54) is 4.31 Å². The van der Waals surface area contributed by atoms with Crippen LogP contribution in [0.15, 0.2) is 0 Å². The molecule has 1 unspecified atom stereocenters. The van der Waals surface area contributed by atoms with Crippen LogP contribution in [-0.2, 0) is 14.8 Å². The summed E-state index contributed by atoms with van der Waals surface area (Å²) in [6.07, 6.45) is 0.684. The third kappa shape index (κ3) is 3.73. The zero-order valence-electron chi connectivity index (χ0n) is 9.00. The van der Waals surface area contributed by atoms with Gasteiger partial charge < -0.3 is 10.2 Å².